The van der Waals surface area contributed by atoms with E-state index < -0.39 is 11.9 Å². The fourth-order valence-corrected chi connectivity index (χ4v) is 3.17. The maximum atomic E-state index is 12.9. The number of pyridine rings is 1. The van der Waals surface area contributed by atoms with E-state index in [9.17, 15) is 13.2 Å². The van der Waals surface area contributed by atoms with Crippen LogP contribution in [-0.4, -0.2) is 37.7 Å². The van der Waals surface area contributed by atoms with Crippen LogP contribution in [0.25, 0.3) is 5.65 Å². The van der Waals surface area contributed by atoms with Gasteiger partial charge in [0.2, 0.25) is 5.95 Å². The first-order chi connectivity index (χ1) is 12.0. The van der Waals surface area contributed by atoms with Crippen LogP contribution in [0, 0.1) is 0 Å². The maximum absolute atomic E-state index is 12.9. The van der Waals surface area contributed by atoms with Crippen LogP contribution in [0.5, 0.6) is 0 Å². The van der Waals surface area contributed by atoms with Crippen LogP contribution >= 0.6 is 0 Å². The van der Waals surface area contributed by atoms with Crippen LogP contribution in [0.3, 0.4) is 0 Å². The van der Waals surface area contributed by atoms with Crippen LogP contribution < -0.4 is 4.90 Å². The van der Waals surface area contributed by atoms with Gasteiger partial charge in [0.1, 0.15) is 11.5 Å². The van der Waals surface area contributed by atoms with E-state index >= 15 is 0 Å². The van der Waals surface area contributed by atoms with Crippen LogP contribution in [0.2, 0.25) is 0 Å². The van der Waals surface area contributed by atoms with Crippen molar-refractivity contribution >= 4 is 11.6 Å². The molecule has 0 unspecified atom stereocenters. The molecule has 1 atom stereocenters. The van der Waals surface area contributed by atoms with Gasteiger partial charge >= 0.3 is 6.18 Å². The summed E-state index contributed by atoms with van der Waals surface area (Å²) in [5.74, 6) is 0.977. The monoisotopic (exact) mass is 348 g/mol. The molecule has 1 aliphatic heterocycles. The summed E-state index contributed by atoms with van der Waals surface area (Å²) >= 11 is 0. The van der Waals surface area contributed by atoms with Crippen LogP contribution in [0.15, 0.2) is 36.7 Å². The Bertz CT molecular complexity index is 891. The standard InChI is InChI=1S/C16H15F3N6/c17-16(18,19)12-6-7-20-15(21-12)24-8-3-4-11(10-24)14-23-22-13-5-1-2-9-25(13)14/h1-2,5-7,9,11H,3-4,8,10H2/t11-/m0/s1. The van der Waals surface area contributed by atoms with E-state index in [0.717, 1.165) is 36.6 Å². The minimum Gasteiger partial charge on any atom is -0.340 e. The van der Waals surface area contributed by atoms with Gasteiger partial charge in [-0.05, 0) is 31.0 Å². The number of halogens is 3. The van der Waals surface area contributed by atoms with Crippen molar-refractivity contribution in [3.63, 3.8) is 0 Å². The molecule has 25 heavy (non-hydrogen) atoms. The van der Waals surface area contributed by atoms with Crippen molar-refractivity contribution < 1.29 is 13.2 Å². The molecule has 0 spiro atoms. The highest BCUT2D eigenvalue weighted by Crippen LogP contribution is 2.31. The van der Waals surface area contributed by atoms with Crippen molar-refractivity contribution in [2.45, 2.75) is 24.9 Å². The van der Waals surface area contributed by atoms with Crippen molar-refractivity contribution in [2.24, 2.45) is 0 Å². The SMILES string of the molecule is FC(F)(F)c1ccnc(N2CCC[C@H](c3nnc4ccccn34)C2)n1. The van der Waals surface area contributed by atoms with Gasteiger partial charge in [-0.3, -0.25) is 4.40 Å². The number of piperidine rings is 1. The zero-order chi connectivity index (χ0) is 17.4. The van der Waals surface area contributed by atoms with Crippen LogP contribution in [0.1, 0.15) is 30.3 Å². The van der Waals surface area contributed by atoms with Crippen molar-refractivity contribution in [2.75, 3.05) is 18.0 Å². The van der Waals surface area contributed by atoms with Crippen molar-refractivity contribution in [3.05, 3.63) is 48.2 Å². The molecule has 0 radical (unpaired) electrons. The van der Waals surface area contributed by atoms with Gasteiger partial charge in [0.15, 0.2) is 5.65 Å². The van der Waals surface area contributed by atoms with E-state index in [-0.39, 0.29) is 11.9 Å². The smallest absolute Gasteiger partial charge is 0.340 e. The third kappa shape index (κ3) is 3.01. The predicted octanol–water partition coefficient (Wildman–Crippen LogP) is 2.92. The fraction of sp³-hybridized carbons (Fsp3) is 0.375. The lowest BCUT2D eigenvalue weighted by atomic mass is 9.97. The van der Waals surface area contributed by atoms with E-state index in [1.807, 2.05) is 28.8 Å². The molecule has 0 aliphatic carbocycles. The lowest BCUT2D eigenvalue weighted by Crippen LogP contribution is -2.36. The average Bonchev–Trinajstić information content (AvgIpc) is 3.05. The Morgan fingerprint density at radius 1 is 1.12 bits per heavy atom. The third-order valence-electron chi connectivity index (χ3n) is 4.34. The first kappa shape index (κ1) is 15.8. The Morgan fingerprint density at radius 2 is 2.00 bits per heavy atom. The van der Waals surface area contributed by atoms with E-state index in [0.29, 0.717) is 13.1 Å². The summed E-state index contributed by atoms with van der Waals surface area (Å²) < 4.78 is 40.6. The normalized spacial score (nSPS) is 18.7. The second kappa shape index (κ2) is 5.98. The summed E-state index contributed by atoms with van der Waals surface area (Å²) in [6.07, 6.45) is 0.291. The quantitative estimate of drug-likeness (QED) is 0.713. The summed E-state index contributed by atoms with van der Waals surface area (Å²) in [5, 5.41) is 8.42. The van der Waals surface area contributed by atoms with Gasteiger partial charge in [0.25, 0.3) is 0 Å². The molecular weight excluding hydrogens is 333 g/mol. The molecule has 0 amide bonds. The fourth-order valence-electron chi connectivity index (χ4n) is 3.17. The highest BCUT2D eigenvalue weighted by Gasteiger charge is 2.34. The minimum absolute atomic E-state index is 0.0595. The van der Waals surface area contributed by atoms with E-state index in [1.54, 1.807) is 4.90 Å². The average molecular weight is 348 g/mol. The second-order valence-corrected chi connectivity index (χ2v) is 6.01. The van der Waals surface area contributed by atoms with E-state index in [2.05, 4.69) is 20.2 Å². The van der Waals surface area contributed by atoms with Gasteiger partial charge in [-0.15, -0.1) is 10.2 Å². The molecular formula is C16H15F3N6. The molecule has 130 valence electrons. The second-order valence-electron chi connectivity index (χ2n) is 6.01. The van der Waals surface area contributed by atoms with Gasteiger partial charge in [-0.25, -0.2) is 9.97 Å². The predicted molar refractivity (Wildman–Crippen MR) is 84.2 cm³/mol. The molecule has 0 aromatic carbocycles. The first-order valence-electron chi connectivity index (χ1n) is 7.97. The Labute approximate surface area is 141 Å². The van der Waals surface area contributed by atoms with Gasteiger partial charge < -0.3 is 4.90 Å². The van der Waals surface area contributed by atoms with Gasteiger partial charge in [0.05, 0.1) is 0 Å². The molecule has 4 heterocycles. The minimum atomic E-state index is -4.48. The molecule has 0 saturated carbocycles. The number of hydrogen-bond donors (Lipinski definition) is 0. The number of fused-ring (bicyclic) bond motifs is 1. The van der Waals surface area contributed by atoms with E-state index in [4.69, 9.17) is 0 Å². The lowest BCUT2D eigenvalue weighted by Gasteiger charge is -2.32. The Hall–Kier alpha value is -2.71. The molecule has 1 saturated heterocycles. The number of nitrogens with zero attached hydrogens (tertiary/aromatic N) is 6. The van der Waals surface area contributed by atoms with Crippen LogP contribution in [0.4, 0.5) is 19.1 Å². The molecule has 9 heteroatoms. The largest absolute Gasteiger partial charge is 0.433 e. The van der Waals surface area contributed by atoms with Gasteiger partial charge in [0, 0.05) is 31.4 Å². The molecule has 6 nitrogen and oxygen atoms in total. The van der Waals surface area contributed by atoms with Crippen molar-refractivity contribution in [3.8, 4) is 0 Å². The highest BCUT2D eigenvalue weighted by atomic mass is 19.4. The van der Waals surface area contributed by atoms with Gasteiger partial charge in [-0.1, -0.05) is 6.07 Å². The van der Waals surface area contributed by atoms with Crippen molar-refractivity contribution in [1.29, 1.82) is 0 Å². The molecule has 4 rings (SSSR count). The lowest BCUT2D eigenvalue weighted by molar-refractivity contribution is -0.141. The summed E-state index contributed by atoms with van der Waals surface area (Å²) in [4.78, 5) is 9.50. The summed E-state index contributed by atoms with van der Waals surface area (Å²) in [7, 11) is 0. The Morgan fingerprint density at radius 3 is 2.84 bits per heavy atom. The molecule has 3 aromatic rings. The summed E-state index contributed by atoms with van der Waals surface area (Å²) in [6, 6.07) is 6.54. The Balaban J connectivity index is 1.61. The molecule has 1 aliphatic rings. The topological polar surface area (TPSA) is 59.2 Å². The number of alkyl halides is 3. The number of anilines is 1. The number of hydrogen-bond acceptors (Lipinski definition) is 5. The molecule has 0 bridgehead atoms. The molecule has 3 aromatic heterocycles. The Kier molecular flexibility index (Phi) is 3.78. The molecule has 1 fully saturated rings. The number of aromatic nitrogens is 5. The highest BCUT2D eigenvalue weighted by molar-refractivity contribution is 5.39. The maximum Gasteiger partial charge on any atom is 0.433 e. The van der Waals surface area contributed by atoms with Crippen LogP contribution in [-0.2, 0) is 6.18 Å². The van der Waals surface area contributed by atoms with Gasteiger partial charge in [-0.2, -0.15) is 13.2 Å². The first-order valence-corrected chi connectivity index (χ1v) is 7.97. The van der Waals surface area contributed by atoms with E-state index in [1.165, 1.54) is 0 Å². The zero-order valence-electron chi connectivity index (χ0n) is 13.2. The zero-order valence-corrected chi connectivity index (χ0v) is 13.2. The third-order valence-corrected chi connectivity index (χ3v) is 4.34. The summed E-state index contributed by atoms with van der Waals surface area (Å²) in [6.45, 7) is 1.13. The molecule has 0 N–H and O–H groups in total. The summed E-state index contributed by atoms with van der Waals surface area (Å²) in [5.41, 5.74) is -0.169. The number of rotatable bonds is 2. The van der Waals surface area contributed by atoms with Crippen molar-refractivity contribution in [1.82, 2.24) is 24.6 Å².